The lowest BCUT2D eigenvalue weighted by Gasteiger charge is -2.27. The molecule has 96 valence electrons. The quantitative estimate of drug-likeness (QED) is 0.864. The summed E-state index contributed by atoms with van der Waals surface area (Å²) in [4.78, 5) is 1.40. The van der Waals surface area contributed by atoms with E-state index in [1.54, 1.807) is 0 Å². The number of aryl methyl sites for hydroxylation is 1. The minimum atomic E-state index is 0.452. The van der Waals surface area contributed by atoms with E-state index in [1.807, 2.05) is 11.3 Å². The molecule has 1 aromatic rings. The number of hydrogen-bond acceptors (Lipinski definition) is 3. The lowest BCUT2D eigenvalue weighted by Crippen LogP contribution is -2.28. The molecule has 17 heavy (non-hydrogen) atoms. The molecule has 2 unspecified atom stereocenters. The molecule has 2 heterocycles. The smallest absolute Gasteiger partial charge is 0.0593 e. The molecule has 1 aliphatic rings. The summed E-state index contributed by atoms with van der Waals surface area (Å²) in [5.74, 6) is 0. The number of nitrogens with one attached hydrogen (secondary N) is 1. The Bertz CT molecular complexity index is 331. The molecule has 0 aromatic carbocycles. The average Bonchev–Trinajstić information content (AvgIpc) is 2.77. The van der Waals surface area contributed by atoms with Crippen molar-refractivity contribution in [2.45, 2.75) is 51.7 Å². The van der Waals surface area contributed by atoms with E-state index < -0.39 is 0 Å². The van der Waals surface area contributed by atoms with E-state index in [0.29, 0.717) is 12.1 Å². The van der Waals surface area contributed by atoms with E-state index in [1.165, 1.54) is 29.7 Å². The summed E-state index contributed by atoms with van der Waals surface area (Å²) in [6.07, 6.45) is 5.36. The van der Waals surface area contributed by atoms with Crippen molar-refractivity contribution < 1.29 is 4.74 Å². The fourth-order valence-electron chi connectivity index (χ4n) is 2.49. The van der Waals surface area contributed by atoms with Gasteiger partial charge in [0.1, 0.15) is 0 Å². The lowest BCUT2D eigenvalue weighted by molar-refractivity contribution is 0.00516. The Kier molecular flexibility index (Phi) is 5.01. The first-order chi connectivity index (χ1) is 8.29. The number of rotatable bonds is 5. The maximum Gasteiger partial charge on any atom is 0.0593 e. The van der Waals surface area contributed by atoms with Crippen molar-refractivity contribution in [3.63, 3.8) is 0 Å². The summed E-state index contributed by atoms with van der Waals surface area (Å²) in [7, 11) is 0. The molecule has 2 rings (SSSR count). The first kappa shape index (κ1) is 13.1. The number of thiophene rings is 1. The molecule has 0 bridgehead atoms. The Morgan fingerprint density at radius 2 is 2.41 bits per heavy atom. The predicted octanol–water partition coefficient (Wildman–Crippen LogP) is 3.67. The van der Waals surface area contributed by atoms with Crippen LogP contribution in [-0.4, -0.2) is 19.3 Å². The lowest BCUT2D eigenvalue weighted by atomic mass is 9.98. The average molecular weight is 253 g/mol. The van der Waals surface area contributed by atoms with Crippen molar-refractivity contribution >= 4 is 11.3 Å². The zero-order valence-electron chi connectivity index (χ0n) is 10.9. The second-order valence-electron chi connectivity index (χ2n) is 4.83. The standard InChI is InChI=1S/C14H23NOS/c1-3-15-14(12-8-11(2)17-10-12)9-13-6-4-5-7-16-13/h8,10,13-15H,3-7,9H2,1-2H3. The highest BCUT2D eigenvalue weighted by molar-refractivity contribution is 7.10. The van der Waals surface area contributed by atoms with Crippen LogP contribution in [0.2, 0.25) is 0 Å². The van der Waals surface area contributed by atoms with Crippen LogP contribution in [0, 0.1) is 6.92 Å². The van der Waals surface area contributed by atoms with Gasteiger partial charge in [-0.3, -0.25) is 0 Å². The van der Waals surface area contributed by atoms with Crippen LogP contribution >= 0.6 is 11.3 Å². The highest BCUT2D eigenvalue weighted by atomic mass is 32.1. The van der Waals surface area contributed by atoms with Crippen molar-refractivity contribution in [2.75, 3.05) is 13.2 Å². The minimum Gasteiger partial charge on any atom is -0.378 e. The van der Waals surface area contributed by atoms with Crippen molar-refractivity contribution in [3.05, 3.63) is 21.9 Å². The predicted molar refractivity (Wildman–Crippen MR) is 73.7 cm³/mol. The molecule has 2 nitrogen and oxygen atoms in total. The number of hydrogen-bond donors (Lipinski definition) is 1. The van der Waals surface area contributed by atoms with Crippen LogP contribution in [0.1, 0.15) is 49.1 Å². The van der Waals surface area contributed by atoms with Crippen LogP contribution in [0.5, 0.6) is 0 Å². The Hall–Kier alpha value is -0.380. The molecule has 2 atom stereocenters. The van der Waals surface area contributed by atoms with Crippen LogP contribution < -0.4 is 5.32 Å². The van der Waals surface area contributed by atoms with Gasteiger partial charge in [-0.1, -0.05) is 6.92 Å². The summed E-state index contributed by atoms with van der Waals surface area (Å²) in [6.45, 7) is 6.32. The van der Waals surface area contributed by atoms with E-state index in [2.05, 4.69) is 30.6 Å². The highest BCUT2D eigenvalue weighted by Gasteiger charge is 2.20. The molecule has 1 fully saturated rings. The van der Waals surface area contributed by atoms with E-state index >= 15 is 0 Å². The van der Waals surface area contributed by atoms with E-state index in [9.17, 15) is 0 Å². The zero-order valence-corrected chi connectivity index (χ0v) is 11.7. The summed E-state index contributed by atoms with van der Waals surface area (Å²) in [5.41, 5.74) is 1.43. The third-order valence-electron chi connectivity index (χ3n) is 3.38. The molecule has 0 aliphatic carbocycles. The number of ether oxygens (including phenoxy) is 1. The van der Waals surface area contributed by atoms with Gasteiger partial charge in [0.05, 0.1) is 6.10 Å². The SMILES string of the molecule is CCNC(CC1CCCCO1)c1csc(C)c1. The highest BCUT2D eigenvalue weighted by Crippen LogP contribution is 2.27. The van der Waals surface area contributed by atoms with Gasteiger partial charge >= 0.3 is 0 Å². The van der Waals surface area contributed by atoms with Crippen LogP contribution in [0.25, 0.3) is 0 Å². The van der Waals surface area contributed by atoms with Crippen LogP contribution in [-0.2, 0) is 4.74 Å². The first-order valence-electron chi connectivity index (χ1n) is 6.69. The van der Waals surface area contributed by atoms with Crippen molar-refractivity contribution in [1.82, 2.24) is 5.32 Å². The molecule has 1 aliphatic heterocycles. The third kappa shape index (κ3) is 3.80. The molecule has 0 spiro atoms. The summed E-state index contributed by atoms with van der Waals surface area (Å²) >= 11 is 1.84. The van der Waals surface area contributed by atoms with Gasteiger partial charge in [-0.25, -0.2) is 0 Å². The fraction of sp³-hybridized carbons (Fsp3) is 0.714. The Labute approximate surface area is 108 Å². The van der Waals surface area contributed by atoms with Gasteiger partial charge < -0.3 is 10.1 Å². The maximum absolute atomic E-state index is 5.85. The summed E-state index contributed by atoms with van der Waals surface area (Å²) < 4.78 is 5.85. The Morgan fingerprint density at radius 3 is 3.00 bits per heavy atom. The first-order valence-corrected chi connectivity index (χ1v) is 7.57. The molecular formula is C14H23NOS. The minimum absolute atomic E-state index is 0.452. The monoisotopic (exact) mass is 253 g/mol. The van der Waals surface area contributed by atoms with Gasteiger partial charge in [0.2, 0.25) is 0 Å². The Morgan fingerprint density at radius 1 is 1.53 bits per heavy atom. The Balaban J connectivity index is 1.96. The molecule has 1 N–H and O–H groups in total. The second kappa shape index (κ2) is 6.53. The van der Waals surface area contributed by atoms with Crippen LogP contribution in [0.4, 0.5) is 0 Å². The normalized spacial score (nSPS) is 22.6. The molecular weight excluding hydrogens is 230 g/mol. The zero-order chi connectivity index (χ0) is 12.1. The van der Waals surface area contributed by atoms with E-state index in [4.69, 9.17) is 4.74 Å². The van der Waals surface area contributed by atoms with E-state index in [-0.39, 0.29) is 0 Å². The summed E-state index contributed by atoms with van der Waals surface area (Å²) in [6, 6.07) is 2.77. The van der Waals surface area contributed by atoms with Gasteiger partial charge in [-0.05, 0) is 56.2 Å². The van der Waals surface area contributed by atoms with E-state index in [0.717, 1.165) is 19.6 Å². The van der Waals surface area contributed by atoms with Gasteiger partial charge in [-0.15, -0.1) is 11.3 Å². The van der Waals surface area contributed by atoms with Crippen molar-refractivity contribution in [3.8, 4) is 0 Å². The molecule has 0 amide bonds. The van der Waals surface area contributed by atoms with Crippen LogP contribution in [0.3, 0.4) is 0 Å². The summed E-state index contributed by atoms with van der Waals surface area (Å²) in [5, 5.41) is 5.87. The molecule has 0 saturated carbocycles. The van der Waals surface area contributed by atoms with Crippen molar-refractivity contribution in [1.29, 1.82) is 0 Å². The van der Waals surface area contributed by atoms with Crippen molar-refractivity contribution in [2.24, 2.45) is 0 Å². The van der Waals surface area contributed by atoms with Gasteiger partial charge in [0.25, 0.3) is 0 Å². The molecule has 3 heteroatoms. The van der Waals surface area contributed by atoms with Gasteiger partial charge in [0.15, 0.2) is 0 Å². The third-order valence-corrected chi connectivity index (χ3v) is 4.26. The molecule has 0 radical (unpaired) electrons. The van der Waals surface area contributed by atoms with Gasteiger partial charge in [-0.2, -0.15) is 0 Å². The largest absolute Gasteiger partial charge is 0.378 e. The topological polar surface area (TPSA) is 21.3 Å². The second-order valence-corrected chi connectivity index (χ2v) is 5.94. The maximum atomic E-state index is 5.85. The van der Waals surface area contributed by atoms with Gasteiger partial charge in [0, 0.05) is 17.5 Å². The molecule has 1 aromatic heterocycles. The molecule has 1 saturated heterocycles. The fourth-order valence-corrected chi connectivity index (χ4v) is 3.24. The van der Waals surface area contributed by atoms with Crippen LogP contribution in [0.15, 0.2) is 11.4 Å².